The maximum absolute atomic E-state index is 12.7. The first-order valence-corrected chi connectivity index (χ1v) is 6.78. The third-order valence-corrected chi connectivity index (χ3v) is 3.60. The lowest BCUT2D eigenvalue weighted by atomic mass is 10.0. The van der Waals surface area contributed by atoms with Gasteiger partial charge in [-0.3, -0.25) is 0 Å². The normalized spacial score (nSPS) is 13.0. The zero-order valence-corrected chi connectivity index (χ0v) is 12.3. The number of rotatable bonds is 3. The fourth-order valence-electron chi connectivity index (χ4n) is 2.15. The van der Waals surface area contributed by atoms with E-state index < -0.39 is 11.7 Å². The topological polar surface area (TPSA) is 12.0 Å². The molecule has 0 radical (unpaired) electrons. The van der Waals surface area contributed by atoms with Crippen LogP contribution in [0.1, 0.15) is 35.2 Å². The number of aryl methyl sites for hydroxylation is 2. The lowest BCUT2D eigenvalue weighted by molar-refractivity contribution is -0.137. The van der Waals surface area contributed by atoms with Gasteiger partial charge in [-0.2, -0.15) is 13.2 Å². The number of alkyl halides is 3. The van der Waals surface area contributed by atoms with Crippen molar-refractivity contribution < 1.29 is 13.2 Å². The van der Waals surface area contributed by atoms with Crippen molar-refractivity contribution >= 4 is 5.69 Å². The number of anilines is 1. The molecule has 1 atom stereocenters. The van der Waals surface area contributed by atoms with Gasteiger partial charge in [0, 0.05) is 11.7 Å². The number of benzene rings is 2. The van der Waals surface area contributed by atoms with E-state index in [1.807, 2.05) is 32.9 Å². The molecule has 2 aromatic carbocycles. The fourth-order valence-corrected chi connectivity index (χ4v) is 2.15. The van der Waals surface area contributed by atoms with Crippen molar-refractivity contribution in [2.24, 2.45) is 0 Å². The molecule has 2 aromatic rings. The zero-order valence-electron chi connectivity index (χ0n) is 12.3. The third kappa shape index (κ3) is 3.78. The molecule has 21 heavy (non-hydrogen) atoms. The molecule has 1 nitrogen and oxygen atoms in total. The van der Waals surface area contributed by atoms with Crippen LogP contribution in [0.2, 0.25) is 0 Å². The predicted molar refractivity (Wildman–Crippen MR) is 79.4 cm³/mol. The van der Waals surface area contributed by atoms with Gasteiger partial charge in [-0.25, -0.2) is 0 Å². The first-order chi connectivity index (χ1) is 9.77. The summed E-state index contributed by atoms with van der Waals surface area (Å²) in [7, 11) is 0. The van der Waals surface area contributed by atoms with Crippen LogP contribution in [0.3, 0.4) is 0 Å². The molecule has 1 unspecified atom stereocenters. The zero-order chi connectivity index (χ0) is 15.6. The smallest absolute Gasteiger partial charge is 0.379 e. The van der Waals surface area contributed by atoms with Gasteiger partial charge < -0.3 is 5.32 Å². The van der Waals surface area contributed by atoms with Crippen LogP contribution in [0, 0.1) is 13.8 Å². The van der Waals surface area contributed by atoms with E-state index in [-0.39, 0.29) is 6.04 Å². The number of nitrogens with one attached hydrogen (secondary N) is 1. The van der Waals surface area contributed by atoms with Gasteiger partial charge in [0.15, 0.2) is 0 Å². The highest BCUT2D eigenvalue weighted by atomic mass is 19.4. The van der Waals surface area contributed by atoms with Crippen molar-refractivity contribution in [1.29, 1.82) is 0 Å². The van der Waals surface area contributed by atoms with Crippen molar-refractivity contribution in [3.8, 4) is 0 Å². The molecule has 0 aliphatic carbocycles. The number of hydrogen-bond acceptors (Lipinski definition) is 1. The fraction of sp³-hybridized carbons (Fsp3) is 0.294. The number of halogens is 3. The second-order valence-electron chi connectivity index (χ2n) is 5.29. The first-order valence-electron chi connectivity index (χ1n) is 6.78. The summed E-state index contributed by atoms with van der Waals surface area (Å²) in [5.41, 5.74) is 3.25. The summed E-state index contributed by atoms with van der Waals surface area (Å²) < 4.78 is 38.1. The summed E-state index contributed by atoms with van der Waals surface area (Å²) in [6, 6.07) is 11.3. The third-order valence-electron chi connectivity index (χ3n) is 3.60. The molecule has 0 aromatic heterocycles. The highest BCUT2D eigenvalue weighted by molar-refractivity contribution is 5.48. The van der Waals surface area contributed by atoms with Crippen molar-refractivity contribution in [2.75, 3.05) is 5.32 Å². The van der Waals surface area contributed by atoms with Gasteiger partial charge in [0.1, 0.15) is 0 Å². The summed E-state index contributed by atoms with van der Waals surface area (Å²) in [4.78, 5) is 0. The molecule has 0 aliphatic heterocycles. The maximum atomic E-state index is 12.7. The average molecular weight is 293 g/mol. The molecule has 0 saturated heterocycles. The minimum Gasteiger partial charge on any atom is -0.379 e. The van der Waals surface area contributed by atoms with Gasteiger partial charge in [-0.05, 0) is 55.7 Å². The largest absolute Gasteiger partial charge is 0.416 e. The molecule has 0 spiro atoms. The van der Waals surface area contributed by atoms with Crippen LogP contribution in [-0.2, 0) is 6.18 Å². The lowest BCUT2D eigenvalue weighted by Gasteiger charge is -2.18. The first kappa shape index (κ1) is 15.4. The van der Waals surface area contributed by atoms with Gasteiger partial charge in [0.25, 0.3) is 0 Å². The van der Waals surface area contributed by atoms with Gasteiger partial charge >= 0.3 is 6.18 Å². The second-order valence-corrected chi connectivity index (χ2v) is 5.29. The van der Waals surface area contributed by atoms with E-state index in [9.17, 15) is 13.2 Å². The van der Waals surface area contributed by atoms with Crippen LogP contribution < -0.4 is 5.32 Å². The molecular weight excluding hydrogens is 275 g/mol. The Bertz CT molecular complexity index is 632. The molecule has 0 fully saturated rings. The van der Waals surface area contributed by atoms with Gasteiger partial charge in [-0.1, -0.05) is 24.3 Å². The van der Waals surface area contributed by atoms with E-state index in [0.29, 0.717) is 5.69 Å². The van der Waals surface area contributed by atoms with Gasteiger partial charge in [0.2, 0.25) is 0 Å². The molecule has 1 N–H and O–H groups in total. The molecule has 0 heterocycles. The minimum absolute atomic E-state index is 0.0622. The highest BCUT2D eigenvalue weighted by Gasteiger charge is 2.30. The average Bonchev–Trinajstić information content (AvgIpc) is 2.41. The SMILES string of the molecule is Cc1ccc(C(C)Nc2cccc(C(F)(F)F)c2)cc1C. The Kier molecular flexibility index (Phi) is 4.26. The quantitative estimate of drug-likeness (QED) is 0.788. The highest BCUT2D eigenvalue weighted by Crippen LogP contribution is 2.31. The van der Waals surface area contributed by atoms with Crippen molar-refractivity contribution in [3.05, 3.63) is 64.7 Å². The molecule has 0 aliphatic rings. The van der Waals surface area contributed by atoms with Crippen molar-refractivity contribution in [1.82, 2.24) is 0 Å². The van der Waals surface area contributed by atoms with E-state index >= 15 is 0 Å². The Balaban J connectivity index is 2.19. The van der Waals surface area contributed by atoms with Gasteiger partial charge in [0.05, 0.1) is 5.56 Å². The van der Waals surface area contributed by atoms with Crippen molar-refractivity contribution in [3.63, 3.8) is 0 Å². The van der Waals surface area contributed by atoms with E-state index in [1.54, 1.807) is 6.07 Å². The monoisotopic (exact) mass is 293 g/mol. The van der Waals surface area contributed by atoms with E-state index in [0.717, 1.165) is 17.7 Å². The van der Waals surface area contributed by atoms with Crippen LogP contribution in [0.25, 0.3) is 0 Å². The minimum atomic E-state index is -4.32. The summed E-state index contributed by atoms with van der Waals surface area (Å²) in [6.45, 7) is 5.99. The summed E-state index contributed by atoms with van der Waals surface area (Å²) in [5, 5.41) is 3.12. The van der Waals surface area contributed by atoms with E-state index in [1.165, 1.54) is 17.2 Å². The van der Waals surface area contributed by atoms with E-state index in [4.69, 9.17) is 0 Å². The van der Waals surface area contributed by atoms with Gasteiger partial charge in [-0.15, -0.1) is 0 Å². The van der Waals surface area contributed by atoms with Crippen molar-refractivity contribution in [2.45, 2.75) is 33.0 Å². The van der Waals surface area contributed by atoms with Crippen LogP contribution >= 0.6 is 0 Å². The molecule has 4 heteroatoms. The second kappa shape index (κ2) is 5.80. The van der Waals surface area contributed by atoms with Crippen LogP contribution in [-0.4, -0.2) is 0 Å². The Labute approximate surface area is 122 Å². The number of hydrogen-bond donors (Lipinski definition) is 1. The Morgan fingerprint density at radius 3 is 2.29 bits per heavy atom. The Hall–Kier alpha value is -1.97. The molecule has 0 bridgehead atoms. The summed E-state index contributed by atoms with van der Waals surface area (Å²) in [5.74, 6) is 0. The Morgan fingerprint density at radius 2 is 1.67 bits per heavy atom. The predicted octanol–water partition coefficient (Wildman–Crippen LogP) is 5.50. The lowest BCUT2D eigenvalue weighted by Crippen LogP contribution is -2.09. The molecule has 0 amide bonds. The van der Waals surface area contributed by atoms with Crippen LogP contribution in [0.5, 0.6) is 0 Å². The summed E-state index contributed by atoms with van der Waals surface area (Å²) in [6.07, 6.45) is -4.32. The molecule has 0 saturated carbocycles. The molecular formula is C17H18F3N. The summed E-state index contributed by atoms with van der Waals surface area (Å²) >= 11 is 0. The Morgan fingerprint density at radius 1 is 0.952 bits per heavy atom. The maximum Gasteiger partial charge on any atom is 0.416 e. The van der Waals surface area contributed by atoms with Crippen LogP contribution in [0.15, 0.2) is 42.5 Å². The van der Waals surface area contributed by atoms with Crippen LogP contribution in [0.4, 0.5) is 18.9 Å². The standard InChI is InChI=1S/C17H18F3N/c1-11-7-8-14(9-12(11)2)13(3)21-16-6-4-5-15(10-16)17(18,19)20/h4-10,13,21H,1-3H3. The van der Waals surface area contributed by atoms with E-state index in [2.05, 4.69) is 11.4 Å². The molecule has 112 valence electrons. The molecule has 2 rings (SSSR count).